The standard InChI is InChI=1S/C21H21N3O5S/c1-29-17-11-18(25)23(14-5-3-2-4-6-14)12-16(17)20(27)22-9-7-15(8-10-22)24-19(26)13-30-21(24)28/h2-6,11-12,15H,7-10,13H2,1H3. The van der Waals surface area contributed by atoms with E-state index in [4.69, 9.17) is 4.74 Å². The van der Waals surface area contributed by atoms with Crippen molar-refractivity contribution >= 4 is 28.8 Å². The molecule has 0 atom stereocenters. The Morgan fingerprint density at radius 3 is 2.40 bits per heavy atom. The Bertz CT molecular complexity index is 1030. The van der Waals surface area contributed by atoms with Crippen LogP contribution in [-0.2, 0) is 4.79 Å². The number of hydrogen-bond acceptors (Lipinski definition) is 6. The predicted molar refractivity (Wildman–Crippen MR) is 112 cm³/mol. The van der Waals surface area contributed by atoms with E-state index in [1.54, 1.807) is 17.0 Å². The van der Waals surface area contributed by atoms with Crippen molar-refractivity contribution < 1.29 is 19.1 Å². The quantitative estimate of drug-likeness (QED) is 0.743. The minimum atomic E-state index is -0.295. The number of pyridine rings is 1. The van der Waals surface area contributed by atoms with Crippen LogP contribution in [-0.4, -0.2) is 63.4 Å². The Morgan fingerprint density at radius 1 is 1.10 bits per heavy atom. The number of carbonyl (C=O) groups is 3. The van der Waals surface area contributed by atoms with Gasteiger partial charge >= 0.3 is 0 Å². The molecule has 0 spiro atoms. The first-order valence-corrected chi connectivity index (χ1v) is 10.6. The lowest BCUT2D eigenvalue weighted by Crippen LogP contribution is -2.48. The number of benzene rings is 1. The number of likely N-dealkylation sites (tertiary alicyclic amines) is 1. The van der Waals surface area contributed by atoms with Gasteiger partial charge in [0.05, 0.1) is 18.4 Å². The van der Waals surface area contributed by atoms with Crippen LogP contribution in [0.5, 0.6) is 5.75 Å². The van der Waals surface area contributed by atoms with Gasteiger partial charge < -0.3 is 9.64 Å². The molecule has 1 aromatic carbocycles. The summed E-state index contributed by atoms with van der Waals surface area (Å²) in [5, 5.41) is -0.207. The first-order chi connectivity index (χ1) is 14.5. The third kappa shape index (κ3) is 3.72. The highest BCUT2D eigenvalue weighted by Gasteiger charge is 2.38. The second-order valence-corrected chi connectivity index (χ2v) is 8.07. The molecule has 156 valence electrons. The van der Waals surface area contributed by atoms with Gasteiger partial charge in [0.2, 0.25) is 5.91 Å². The first kappa shape index (κ1) is 20.2. The molecule has 9 heteroatoms. The van der Waals surface area contributed by atoms with E-state index < -0.39 is 0 Å². The molecule has 3 heterocycles. The summed E-state index contributed by atoms with van der Waals surface area (Å²) in [4.78, 5) is 52.6. The average molecular weight is 427 g/mol. The summed E-state index contributed by atoms with van der Waals surface area (Å²) < 4.78 is 6.72. The lowest BCUT2D eigenvalue weighted by Gasteiger charge is -2.35. The number of piperidine rings is 1. The number of thioether (sulfide) groups is 1. The van der Waals surface area contributed by atoms with E-state index in [0.717, 1.165) is 11.8 Å². The third-order valence-electron chi connectivity index (χ3n) is 5.40. The molecule has 2 aliphatic rings. The van der Waals surface area contributed by atoms with Crippen LogP contribution in [0.25, 0.3) is 5.69 Å². The van der Waals surface area contributed by atoms with Crippen molar-refractivity contribution in [3.63, 3.8) is 0 Å². The first-order valence-electron chi connectivity index (χ1n) is 9.64. The summed E-state index contributed by atoms with van der Waals surface area (Å²) in [6.07, 6.45) is 2.57. The van der Waals surface area contributed by atoms with E-state index in [-0.39, 0.29) is 40.2 Å². The van der Waals surface area contributed by atoms with Crippen LogP contribution >= 0.6 is 11.8 Å². The normalized spacial score (nSPS) is 17.5. The maximum atomic E-state index is 13.2. The number of para-hydroxylation sites is 1. The molecule has 2 aliphatic heterocycles. The summed E-state index contributed by atoms with van der Waals surface area (Å²) in [6, 6.07) is 10.2. The lowest BCUT2D eigenvalue weighted by molar-refractivity contribution is -0.126. The smallest absolute Gasteiger partial charge is 0.289 e. The van der Waals surface area contributed by atoms with Gasteiger partial charge in [0, 0.05) is 37.1 Å². The van der Waals surface area contributed by atoms with E-state index in [1.807, 2.05) is 18.2 Å². The average Bonchev–Trinajstić information content (AvgIpc) is 3.11. The molecule has 0 saturated carbocycles. The van der Waals surface area contributed by atoms with Gasteiger partial charge in [0.25, 0.3) is 16.7 Å². The summed E-state index contributed by atoms with van der Waals surface area (Å²) in [5.41, 5.74) is 0.654. The van der Waals surface area contributed by atoms with Crippen molar-refractivity contribution in [1.29, 1.82) is 0 Å². The van der Waals surface area contributed by atoms with Crippen LogP contribution in [0, 0.1) is 0 Å². The summed E-state index contributed by atoms with van der Waals surface area (Å²) in [5.74, 6) is 0.00588. The number of nitrogens with zero attached hydrogens (tertiary/aromatic N) is 3. The zero-order chi connectivity index (χ0) is 21.3. The van der Waals surface area contributed by atoms with E-state index in [0.29, 0.717) is 37.2 Å². The SMILES string of the molecule is COc1cc(=O)n(-c2ccccc2)cc1C(=O)N1CCC(N2C(=O)CSC2=O)CC1. The maximum Gasteiger partial charge on any atom is 0.289 e. The zero-order valence-electron chi connectivity index (χ0n) is 16.4. The number of imide groups is 1. The Morgan fingerprint density at radius 2 is 1.80 bits per heavy atom. The second kappa shape index (κ2) is 8.35. The predicted octanol–water partition coefficient (Wildman–Crippen LogP) is 2.15. The number of rotatable bonds is 4. The Hall–Kier alpha value is -3.07. The van der Waals surface area contributed by atoms with Crippen molar-refractivity contribution in [1.82, 2.24) is 14.4 Å². The van der Waals surface area contributed by atoms with E-state index in [1.165, 1.54) is 28.8 Å². The molecule has 1 aromatic heterocycles. The number of carbonyl (C=O) groups excluding carboxylic acids is 3. The van der Waals surface area contributed by atoms with Crippen LogP contribution < -0.4 is 10.3 Å². The van der Waals surface area contributed by atoms with Crippen LogP contribution in [0.2, 0.25) is 0 Å². The van der Waals surface area contributed by atoms with Crippen LogP contribution in [0.4, 0.5) is 4.79 Å². The van der Waals surface area contributed by atoms with Crippen LogP contribution in [0.3, 0.4) is 0 Å². The van der Waals surface area contributed by atoms with Gasteiger partial charge in [-0.25, -0.2) is 0 Å². The Balaban J connectivity index is 1.56. The van der Waals surface area contributed by atoms with Gasteiger partial charge in [-0.3, -0.25) is 28.6 Å². The van der Waals surface area contributed by atoms with Crippen molar-refractivity contribution in [3.8, 4) is 11.4 Å². The number of hydrogen-bond donors (Lipinski definition) is 0. The number of amides is 3. The minimum absolute atomic E-state index is 0.161. The number of aromatic nitrogens is 1. The molecule has 0 unspecified atom stereocenters. The van der Waals surface area contributed by atoms with Gasteiger partial charge in [-0.2, -0.15) is 0 Å². The highest BCUT2D eigenvalue weighted by atomic mass is 32.2. The Kier molecular flexibility index (Phi) is 5.63. The molecule has 4 rings (SSSR count). The summed E-state index contributed by atoms with van der Waals surface area (Å²) in [6.45, 7) is 0.831. The van der Waals surface area contributed by atoms with Gasteiger partial charge in [-0.05, 0) is 25.0 Å². The fraction of sp³-hybridized carbons (Fsp3) is 0.333. The molecular formula is C21H21N3O5S. The molecule has 0 radical (unpaired) electrons. The fourth-order valence-corrected chi connectivity index (χ4v) is 4.63. The van der Waals surface area contributed by atoms with Crippen molar-refractivity contribution in [2.75, 3.05) is 26.0 Å². The molecule has 0 N–H and O–H groups in total. The minimum Gasteiger partial charge on any atom is -0.496 e. The highest BCUT2D eigenvalue weighted by Crippen LogP contribution is 2.28. The van der Waals surface area contributed by atoms with Crippen molar-refractivity contribution in [3.05, 3.63) is 58.5 Å². The van der Waals surface area contributed by atoms with Gasteiger partial charge in [0.1, 0.15) is 5.75 Å². The monoisotopic (exact) mass is 427 g/mol. The number of methoxy groups -OCH3 is 1. The van der Waals surface area contributed by atoms with E-state index >= 15 is 0 Å². The molecular weight excluding hydrogens is 406 g/mol. The molecule has 2 fully saturated rings. The van der Waals surface area contributed by atoms with Crippen LogP contribution in [0.15, 0.2) is 47.4 Å². The van der Waals surface area contributed by atoms with E-state index in [9.17, 15) is 19.2 Å². The third-order valence-corrected chi connectivity index (χ3v) is 6.24. The van der Waals surface area contributed by atoms with Crippen molar-refractivity contribution in [2.45, 2.75) is 18.9 Å². The molecule has 2 aromatic rings. The number of ether oxygens (including phenoxy) is 1. The van der Waals surface area contributed by atoms with Gasteiger partial charge in [0.15, 0.2) is 0 Å². The van der Waals surface area contributed by atoms with E-state index in [2.05, 4.69) is 0 Å². The van der Waals surface area contributed by atoms with Gasteiger partial charge in [-0.15, -0.1) is 0 Å². The molecule has 3 amide bonds. The lowest BCUT2D eigenvalue weighted by atomic mass is 10.0. The van der Waals surface area contributed by atoms with Crippen LogP contribution in [0.1, 0.15) is 23.2 Å². The highest BCUT2D eigenvalue weighted by molar-refractivity contribution is 8.14. The largest absolute Gasteiger partial charge is 0.496 e. The molecule has 30 heavy (non-hydrogen) atoms. The molecule has 0 bridgehead atoms. The summed E-state index contributed by atoms with van der Waals surface area (Å²) >= 11 is 1.02. The molecule has 0 aliphatic carbocycles. The fourth-order valence-electron chi connectivity index (χ4n) is 3.85. The Labute approximate surface area is 177 Å². The second-order valence-electron chi connectivity index (χ2n) is 7.14. The van der Waals surface area contributed by atoms with Gasteiger partial charge in [-0.1, -0.05) is 30.0 Å². The topological polar surface area (TPSA) is 88.9 Å². The molecule has 8 nitrogen and oxygen atoms in total. The van der Waals surface area contributed by atoms with Crippen molar-refractivity contribution in [2.24, 2.45) is 0 Å². The zero-order valence-corrected chi connectivity index (χ0v) is 17.3. The molecule has 2 saturated heterocycles. The maximum absolute atomic E-state index is 13.2. The summed E-state index contributed by atoms with van der Waals surface area (Å²) in [7, 11) is 1.42.